The van der Waals surface area contributed by atoms with Crippen molar-refractivity contribution in [2.45, 2.75) is 46.0 Å². The number of unbranched alkanes of at least 4 members (excludes halogenated alkanes) is 1. The molecule has 0 aliphatic carbocycles. The van der Waals surface area contributed by atoms with Gasteiger partial charge in [0, 0.05) is 5.69 Å². The number of rotatable bonds is 4. The van der Waals surface area contributed by atoms with Crippen molar-refractivity contribution in [2.24, 2.45) is 0 Å². The van der Waals surface area contributed by atoms with Crippen LogP contribution in [0.25, 0.3) is 0 Å². The fourth-order valence-corrected chi connectivity index (χ4v) is 1.89. The predicted octanol–water partition coefficient (Wildman–Crippen LogP) is 3.04. The molecule has 0 aliphatic heterocycles. The molecule has 0 amide bonds. The lowest BCUT2D eigenvalue weighted by Gasteiger charge is -2.05. The Balaban J connectivity index is 2.89. The van der Waals surface area contributed by atoms with Gasteiger partial charge >= 0.3 is 0 Å². The summed E-state index contributed by atoms with van der Waals surface area (Å²) in [5.41, 5.74) is 2.43. The zero-order chi connectivity index (χ0) is 9.84. The summed E-state index contributed by atoms with van der Waals surface area (Å²) in [6.07, 6.45) is 3.52. The first-order valence-corrected chi connectivity index (χ1v) is 5.32. The first kappa shape index (κ1) is 10.6. The largest absolute Gasteiger partial charge is 0.318 e. The number of hydrogen-bond donors (Lipinski definition) is 0. The number of nitrogens with zero attached hydrogens (tertiary/aromatic N) is 2. The smallest absolute Gasteiger partial charge is 0.107 e. The minimum atomic E-state index is 0.520. The molecule has 1 aromatic heterocycles. The second kappa shape index (κ2) is 4.66. The molecule has 0 radical (unpaired) electrons. The molecule has 74 valence electrons. The fraction of sp³-hybridized carbons (Fsp3) is 0.700. The predicted molar refractivity (Wildman–Crippen MR) is 56.2 cm³/mol. The maximum absolute atomic E-state index is 5.85. The summed E-state index contributed by atoms with van der Waals surface area (Å²) in [6.45, 7) is 6.26. The van der Waals surface area contributed by atoms with Crippen LogP contribution in [0.2, 0.25) is 0 Å². The highest BCUT2D eigenvalue weighted by molar-refractivity contribution is 6.15. The van der Waals surface area contributed by atoms with Crippen molar-refractivity contribution in [1.29, 1.82) is 0 Å². The van der Waals surface area contributed by atoms with Crippen LogP contribution in [-0.2, 0) is 12.4 Å². The Hall–Kier alpha value is -0.500. The molecule has 3 heteroatoms. The Morgan fingerprint density at radius 2 is 2.08 bits per heavy atom. The van der Waals surface area contributed by atoms with Gasteiger partial charge in [0.15, 0.2) is 0 Å². The maximum atomic E-state index is 5.85. The molecule has 0 fully saturated rings. The van der Waals surface area contributed by atoms with Gasteiger partial charge in [-0.25, -0.2) is 4.98 Å². The standard InChI is InChI=1S/C10H17ClN2/c1-4-5-6-10-8(2)12-9(3)13(10)7-11/h4-7H2,1-3H3. The molecule has 1 heterocycles. The lowest BCUT2D eigenvalue weighted by molar-refractivity contribution is 0.708. The highest BCUT2D eigenvalue weighted by atomic mass is 35.5. The van der Waals surface area contributed by atoms with Gasteiger partial charge < -0.3 is 4.57 Å². The Morgan fingerprint density at radius 3 is 2.62 bits per heavy atom. The van der Waals surface area contributed by atoms with E-state index < -0.39 is 0 Å². The van der Waals surface area contributed by atoms with E-state index in [9.17, 15) is 0 Å². The molecule has 1 aromatic rings. The van der Waals surface area contributed by atoms with E-state index in [0.717, 1.165) is 17.9 Å². The average molecular weight is 201 g/mol. The summed E-state index contributed by atoms with van der Waals surface area (Å²) in [7, 11) is 0. The third-order valence-electron chi connectivity index (χ3n) is 2.35. The SMILES string of the molecule is CCCCc1c(C)nc(C)n1CCl. The normalized spacial score (nSPS) is 10.8. The van der Waals surface area contributed by atoms with Gasteiger partial charge in [0.25, 0.3) is 0 Å². The van der Waals surface area contributed by atoms with Crippen LogP contribution in [0.15, 0.2) is 0 Å². The van der Waals surface area contributed by atoms with Gasteiger partial charge in [-0.3, -0.25) is 0 Å². The van der Waals surface area contributed by atoms with Crippen LogP contribution in [0, 0.1) is 13.8 Å². The summed E-state index contributed by atoms with van der Waals surface area (Å²) in [5.74, 6) is 1.03. The van der Waals surface area contributed by atoms with Crippen LogP contribution >= 0.6 is 11.6 Å². The lowest BCUT2D eigenvalue weighted by atomic mass is 10.2. The monoisotopic (exact) mass is 200 g/mol. The van der Waals surface area contributed by atoms with Crippen molar-refractivity contribution in [3.63, 3.8) is 0 Å². The van der Waals surface area contributed by atoms with Gasteiger partial charge in [0.05, 0.1) is 11.7 Å². The first-order chi connectivity index (χ1) is 6.20. The molecule has 0 saturated heterocycles. The van der Waals surface area contributed by atoms with Gasteiger partial charge in [-0.2, -0.15) is 0 Å². The summed E-state index contributed by atoms with van der Waals surface area (Å²) in [5, 5.41) is 0. The molecule has 0 atom stereocenters. The van der Waals surface area contributed by atoms with E-state index in [4.69, 9.17) is 11.6 Å². The average Bonchev–Trinajstić information content (AvgIpc) is 2.37. The topological polar surface area (TPSA) is 17.8 Å². The minimum Gasteiger partial charge on any atom is -0.318 e. The van der Waals surface area contributed by atoms with Crippen LogP contribution in [0.1, 0.15) is 37.0 Å². The highest BCUT2D eigenvalue weighted by Gasteiger charge is 2.09. The van der Waals surface area contributed by atoms with Crippen molar-refractivity contribution < 1.29 is 0 Å². The molecule has 13 heavy (non-hydrogen) atoms. The molecule has 0 aromatic carbocycles. The summed E-state index contributed by atoms with van der Waals surface area (Å²) in [6, 6.07) is 0.520. The summed E-state index contributed by atoms with van der Waals surface area (Å²) in [4.78, 5) is 4.41. The van der Waals surface area contributed by atoms with E-state index >= 15 is 0 Å². The number of imidazole rings is 1. The van der Waals surface area contributed by atoms with Gasteiger partial charge in [-0.15, -0.1) is 11.6 Å². The first-order valence-electron chi connectivity index (χ1n) is 4.79. The number of alkyl halides is 1. The second-order valence-electron chi connectivity index (χ2n) is 3.34. The maximum Gasteiger partial charge on any atom is 0.107 e. The van der Waals surface area contributed by atoms with Crippen LogP contribution in [-0.4, -0.2) is 9.55 Å². The third-order valence-corrected chi connectivity index (χ3v) is 2.59. The van der Waals surface area contributed by atoms with Crippen LogP contribution < -0.4 is 0 Å². The van der Waals surface area contributed by atoms with E-state index in [1.165, 1.54) is 18.5 Å². The Labute approximate surface area is 84.9 Å². The molecule has 0 bridgehead atoms. The van der Waals surface area contributed by atoms with Crippen molar-refractivity contribution in [2.75, 3.05) is 0 Å². The molecule has 1 rings (SSSR count). The summed E-state index contributed by atoms with van der Waals surface area (Å²) >= 11 is 5.85. The quantitative estimate of drug-likeness (QED) is 0.684. The van der Waals surface area contributed by atoms with Gasteiger partial charge in [0.1, 0.15) is 5.82 Å². The van der Waals surface area contributed by atoms with E-state index in [1.807, 2.05) is 6.92 Å². The zero-order valence-electron chi connectivity index (χ0n) is 8.60. The van der Waals surface area contributed by atoms with E-state index in [2.05, 4.69) is 23.4 Å². The number of hydrogen-bond acceptors (Lipinski definition) is 1. The van der Waals surface area contributed by atoms with Crippen LogP contribution in [0.4, 0.5) is 0 Å². The second-order valence-corrected chi connectivity index (χ2v) is 3.58. The molecule has 0 spiro atoms. The van der Waals surface area contributed by atoms with E-state index in [-0.39, 0.29) is 0 Å². The molecule has 2 nitrogen and oxygen atoms in total. The molecular formula is C10H17ClN2. The molecular weight excluding hydrogens is 184 g/mol. The van der Waals surface area contributed by atoms with Crippen molar-refractivity contribution in [1.82, 2.24) is 9.55 Å². The number of halogens is 1. The molecule has 0 aliphatic rings. The highest BCUT2D eigenvalue weighted by Crippen LogP contribution is 2.14. The van der Waals surface area contributed by atoms with Crippen molar-refractivity contribution in [3.8, 4) is 0 Å². The fourth-order valence-electron chi connectivity index (χ4n) is 1.58. The minimum absolute atomic E-state index is 0.520. The van der Waals surface area contributed by atoms with Crippen LogP contribution in [0.5, 0.6) is 0 Å². The molecule has 0 saturated carbocycles. The molecule has 0 N–H and O–H groups in total. The van der Waals surface area contributed by atoms with E-state index in [0.29, 0.717) is 6.00 Å². The van der Waals surface area contributed by atoms with Gasteiger partial charge in [-0.1, -0.05) is 13.3 Å². The van der Waals surface area contributed by atoms with Gasteiger partial charge in [-0.05, 0) is 26.7 Å². The lowest BCUT2D eigenvalue weighted by Crippen LogP contribution is -2.02. The zero-order valence-corrected chi connectivity index (χ0v) is 9.36. The number of aromatic nitrogens is 2. The summed E-state index contributed by atoms with van der Waals surface area (Å²) < 4.78 is 2.09. The van der Waals surface area contributed by atoms with Crippen LogP contribution in [0.3, 0.4) is 0 Å². The number of aryl methyl sites for hydroxylation is 2. The van der Waals surface area contributed by atoms with Gasteiger partial charge in [0.2, 0.25) is 0 Å². The Kier molecular flexibility index (Phi) is 3.79. The van der Waals surface area contributed by atoms with Crippen molar-refractivity contribution in [3.05, 3.63) is 17.2 Å². The third kappa shape index (κ3) is 2.25. The Morgan fingerprint density at radius 1 is 1.38 bits per heavy atom. The van der Waals surface area contributed by atoms with Crippen molar-refractivity contribution >= 4 is 11.6 Å². The Bertz CT molecular complexity index is 279. The molecule has 0 unspecified atom stereocenters. The van der Waals surface area contributed by atoms with E-state index in [1.54, 1.807) is 0 Å².